The van der Waals surface area contributed by atoms with Gasteiger partial charge in [0.2, 0.25) is 15.9 Å². The van der Waals surface area contributed by atoms with E-state index in [9.17, 15) is 13.2 Å². The van der Waals surface area contributed by atoms with Gasteiger partial charge >= 0.3 is 0 Å². The number of amides is 1. The normalized spacial score (nSPS) is 18.4. The molecule has 106 valence electrons. The van der Waals surface area contributed by atoms with Crippen LogP contribution in [0.4, 0.5) is 0 Å². The van der Waals surface area contributed by atoms with Crippen LogP contribution in [0.25, 0.3) is 0 Å². The third-order valence-corrected chi connectivity index (χ3v) is 3.55. The number of rotatable bonds is 7. The van der Waals surface area contributed by atoms with Gasteiger partial charge in [-0.25, -0.2) is 13.1 Å². The first-order chi connectivity index (χ1) is 8.09. The van der Waals surface area contributed by atoms with Crippen LogP contribution in [0.1, 0.15) is 33.6 Å². The van der Waals surface area contributed by atoms with Gasteiger partial charge in [-0.2, -0.15) is 0 Å². The Morgan fingerprint density at radius 2 is 1.94 bits per heavy atom. The van der Waals surface area contributed by atoms with Crippen molar-refractivity contribution in [3.8, 4) is 0 Å². The average Bonchev–Trinajstić information content (AvgIpc) is 2.94. The van der Waals surface area contributed by atoms with E-state index in [1.165, 1.54) is 0 Å². The van der Waals surface area contributed by atoms with Gasteiger partial charge in [-0.05, 0) is 33.6 Å². The maximum absolute atomic E-state index is 11.7. The molecule has 0 aromatic rings. The van der Waals surface area contributed by atoms with E-state index in [-0.39, 0.29) is 11.9 Å². The van der Waals surface area contributed by atoms with Crippen molar-refractivity contribution in [2.45, 2.75) is 51.2 Å². The molecule has 0 heterocycles. The van der Waals surface area contributed by atoms with Crippen LogP contribution in [0, 0.1) is 0 Å². The van der Waals surface area contributed by atoms with Crippen LogP contribution in [0.5, 0.6) is 0 Å². The van der Waals surface area contributed by atoms with Gasteiger partial charge in [0.15, 0.2) is 0 Å². The summed E-state index contributed by atoms with van der Waals surface area (Å²) in [4.78, 5) is 11.7. The molecule has 1 aliphatic rings. The van der Waals surface area contributed by atoms with Crippen LogP contribution in [0.3, 0.4) is 0 Å². The van der Waals surface area contributed by atoms with Gasteiger partial charge in [0.25, 0.3) is 0 Å². The van der Waals surface area contributed by atoms with Gasteiger partial charge in [0, 0.05) is 18.1 Å². The fourth-order valence-electron chi connectivity index (χ4n) is 1.59. The second kappa shape index (κ2) is 5.54. The Morgan fingerprint density at radius 3 is 2.39 bits per heavy atom. The van der Waals surface area contributed by atoms with E-state index >= 15 is 0 Å². The lowest BCUT2D eigenvalue weighted by molar-refractivity contribution is -0.122. The van der Waals surface area contributed by atoms with E-state index in [1.54, 1.807) is 20.8 Å². The fraction of sp³-hybridized carbons (Fsp3) is 0.909. The lowest BCUT2D eigenvalue weighted by Crippen LogP contribution is -2.54. The van der Waals surface area contributed by atoms with Crippen LogP contribution in [-0.2, 0) is 14.8 Å². The molecule has 0 saturated heterocycles. The van der Waals surface area contributed by atoms with Crippen molar-refractivity contribution >= 4 is 15.9 Å². The summed E-state index contributed by atoms with van der Waals surface area (Å²) in [5.74, 6) is -0.0346. The van der Waals surface area contributed by atoms with Gasteiger partial charge in [-0.1, -0.05) is 0 Å². The Labute approximate surface area is 109 Å². The molecule has 1 unspecified atom stereocenters. The van der Waals surface area contributed by atoms with E-state index in [4.69, 9.17) is 0 Å². The van der Waals surface area contributed by atoms with Crippen molar-refractivity contribution in [2.75, 3.05) is 12.8 Å². The van der Waals surface area contributed by atoms with Crippen LogP contribution in [0.2, 0.25) is 0 Å². The van der Waals surface area contributed by atoms with Crippen molar-refractivity contribution < 1.29 is 13.2 Å². The molecule has 0 bridgehead atoms. The molecule has 0 aliphatic heterocycles. The summed E-state index contributed by atoms with van der Waals surface area (Å²) in [5.41, 5.74) is -0.623. The fourth-order valence-corrected chi connectivity index (χ4v) is 2.67. The summed E-state index contributed by atoms with van der Waals surface area (Å²) in [6, 6.07) is 0.00939. The van der Waals surface area contributed by atoms with Crippen molar-refractivity contribution in [1.29, 1.82) is 0 Å². The molecule has 3 N–H and O–H groups in total. The first-order valence-corrected chi connectivity index (χ1v) is 8.01. The van der Waals surface area contributed by atoms with Crippen LogP contribution in [0.15, 0.2) is 0 Å². The van der Waals surface area contributed by atoms with E-state index in [0.717, 1.165) is 19.1 Å². The van der Waals surface area contributed by atoms with Crippen LogP contribution in [-0.4, -0.2) is 44.7 Å². The largest absolute Gasteiger partial charge is 0.352 e. The van der Waals surface area contributed by atoms with E-state index in [1.807, 2.05) is 0 Å². The predicted octanol–water partition coefficient (Wildman–Crippen LogP) is -0.429. The molecule has 6 nitrogen and oxygen atoms in total. The molecule has 18 heavy (non-hydrogen) atoms. The minimum atomic E-state index is -3.25. The zero-order valence-corrected chi connectivity index (χ0v) is 12.2. The Balaban J connectivity index is 2.35. The quantitative estimate of drug-likeness (QED) is 0.589. The minimum Gasteiger partial charge on any atom is -0.352 e. The van der Waals surface area contributed by atoms with E-state index in [2.05, 4.69) is 15.4 Å². The number of nitrogens with one attached hydrogen (secondary N) is 3. The number of carbonyl (C=O) groups is 1. The molecule has 1 rings (SSSR count). The number of sulfonamides is 1. The standard InChI is InChI=1S/C11H23N3O3S/c1-8(10(15)13-9-5-6-9)12-7-11(2,3)14-18(4,16)17/h8-9,12,14H,5-7H2,1-4H3,(H,13,15). The summed E-state index contributed by atoms with van der Waals surface area (Å²) in [6.45, 7) is 5.70. The van der Waals surface area contributed by atoms with Crippen molar-refractivity contribution in [3.63, 3.8) is 0 Å². The zero-order valence-electron chi connectivity index (χ0n) is 11.4. The molecule has 0 aromatic carbocycles. The Hall–Kier alpha value is -0.660. The number of hydrogen-bond donors (Lipinski definition) is 3. The van der Waals surface area contributed by atoms with Gasteiger partial charge in [-0.3, -0.25) is 4.79 Å². The summed E-state index contributed by atoms with van der Waals surface area (Å²) in [7, 11) is -3.25. The number of hydrogen-bond acceptors (Lipinski definition) is 4. The second-order valence-corrected chi connectivity index (χ2v) is 7.39. The Morgan fingerprint density at radius 1 is 1.39 bits per heavy atom. The molecular weight excluding hydrogens is 254 g/mol. The van der Waals surface area contributed by atoms with E-state index < -0.39 is 15.6 Å². The second-order valence-electron chi connectivity index (χ2n) is 5.64. The smallest absolute Gasteiger partial charge is 0.237 e. The highest BCUT2D eigenvalue weighted by Gasteiger charge is 2.27. The lowest BCUT2D eigenvalue weighted by Gasteiger charge is -2.27. The molecule has 0 spiro atoms. The summed E-state index contributed by atoms with van der Waals surface area (Å²) < 4.78 is 24.8. The first-order valence-electron chi connectivity index (χ1n) is 6.12. The summed E-state index contributed by atoms with van der Waals surface area (Å²) >= 11 is 0. The molecule has 1 aliphatic carbocycles. The zero-order chi connectivity index (χ0) is 14.0. The first kappa shape index (κ1) is 15.4. The molecule has 7 heteroatoms. The monoisotopic (exact) mass is 277 g/mol. The Kier molecular flexibility index (Phi) is 4.74. The van der Waals surface area contributed by atoms with Crippen molar-refractivity contribution in [1.82, 2.24) is 15.4 Å². The molecule has 1 fully saturated rings. The van der Waals surface area contributed by atoms with Gasteiger partial charge in [0.1, 0.15) is 0 Å². The Bertz CT molecular complexity index is 402. The minimum absolute atomic E-state index is 0.0346. The van der Waals surface area contributed by atoms with Crippen LogP contribution >= 0.6 is 0 Å². The highest BCUT2D eigenvalue weighted by atomic mass is 32.2. The van der Waals surface area contributed by atoms with Gasteiger partial charge < -0.3 is 10.6 Å². The van der Waals surface area contributed by atoms with Crippen molar-refractivity contribution in [2.24, 2.45) is 0 Å². The molecule has 0 radical (unpaired) electrons. The summed E-state index contributed by atoms with van der Waals surface area (Å²) in [5, 5.41) is 5.94. The van der Waals surface area contributed by atoms with Gasteiger partial charge in [-0.15, -0.1) is 0 Å². The average molecular weight is 277 g/mol. The SMILES string of the molecule is CC(NCC(C)(C)NS(C)(=O)=O)C(=O)NC1CC1. The molecular formula is C11H23N3O3S. The molecule has 1 atom stereocenters. The maximum Gasteiger partial charge on any atom is 0.237 e. The van der Waals surface area contributed by atoms with Crippen molar-refractivity contribution in [3.05, 3.63) is 0 Å². The summed E-state index contributed by atoms with van der Waals surface area (Å²) in [6.07, 6.45) is 3.23. The highest BCUT2D eigenvalue weighted by molar-refractivity contribution is 7.88. The maximum atomic E-state index is 11.7. The molecule has 0 aromatic heterocycles. The topological polar surface area (TPSA) is 87.3 Å². The predicted molar refractivity (Wildman–Crippen MR) is 70.7 cm³/mol. The molecule has 1 saturated carbocycles. The molecule has 1 amide bonds. The third kappa shape index (κ3) is 6.32. The highest BCUT2D eigenvalue weighted by Crippen LogP contribution is 2.18. The van der Waals surface area contributed by atoms with Gasteiger partial charge in [0.05, 0.1) is 12.3 Å². The number of carbonyl (C=O) groups excluding carboxylic acids is 1. The third-order valence-electron chi connectivity index (χ3n) is 2.63. The van der Waals surface area contributed by atoms with Crippen LogP contribution < -0.4 is 15.4 Å². The lowest BCUT2D eigenvalue weighted by atomic mass is 10.1. The van der Waals surface area contributed by atoms with E-state index in [0.29, 0.717) is 12.6 Å².